The molecule has 1 saturated carbocycles. The molecule has 2 aromatic heterocycles. The minimum Gasteiger partial charge on any atom is -0.336 e. The van der Waals surface area contributed by atoms with Crippen LogP contribution >= 0.6 is 0 Å². The number of fused-ring (bicyclic) bond motifs is 2. The number of pyridine rings is 1. The molecule has 3 fully saturated rings. The minimum absolute atomic E-state index is 0.161. The van der Waals surface area contributed by atoms with Gasteiger partial charge in [-0.2, -0.15) is 5.10 Å². The van der Waals surface area contributed by atoms with Gasteiger partial charge in [-0.05, 0) is 52.1 Å². The van der Waals surface area contributed by atoms with Crippen molar-refractivity contribution in [3.63, 3.8) is 0 Å². The highest BCUT2D eigenvalue weighted by Gasteiger charge is 2.34. The fourth-order valence-corrected chi connectivity index (χ4v) is 4.53. The van der Waals surface area contributed by atoms with E-state index in [1.54, 1.807) is 0 Å². The average molecular weight is 353 g/mol. The van der Waals surface area contributed by atoms with Gasteiger partial charge in [0.15, 0.2) is 5.65 Å². The molecule has 6 nitrogen and oxygen atoms in total. The van der Waals surface area contributed by atoms with Gasteiger partial charge in [0, 0.05) is 43.3 Å². The molecule has 2 aliphatic heterocycles. The molecule has 1 atom stereocenters. The van der Waals surface area contributed by atoms with Crippen molar-refractivity contribution in [2.45, 2.75) is 57.5 Å². The maximum absolute atomic E-state index is 13.4. The van der Waals surface area contributed by atoms with Gasteiger partial charge in [0.25, 0.3) is 5.91 Å². The molecule has 6 heteroatoms. The van der Waals surface area contributed by atoms with Crippen molar-refractivity contribution >= 4 is 16.9 Å². The molecule has 4 heterocycles. The van der Waals surface area contributed by atoms with Crippen LogP contribution in [-0.4, -0.2) is 62.7 Å². The number of aromatic nitrogens is 3. The van der Waals surface area contributed by atoms with Crippen molar-refractivity contribution in [3.8, 4) is 0 Å². The van der Waals surface area contributed by atoms with Gasteiger partial charge in [-0.25, -0.2) is 9.67 Å². The molecule has 1 aliphatic carbocycles. The van der Waals surface area contributed by atoms with Crippen molar-refractivity contribution < 1.29 is 4.79 Å². The first-order chi connectivity index (χ1) is 12.6. The summed E-state index contributed by atoms with van der Waals surface area (Å²) >= 11 is 0. The predicted molar refractivity (Wildman–Crippen MR) is 100 cm³/mol. The summed E-state index contributed by atoms with van der Waals surface area (Å²) in [6, 6.07) is 2.83. The van der Waals surface area contributed by atoms with Crippen molar-refractivity contribution in [1.29, 1.82) is 0 Å². The second-order valence-corrected chi connectivity index (χ2v) is 8.37. The Labute approximate surface area is 154 Å². The molecule has 3 aliphatic rings. The monoisotopic (exact) mass is 353 g/mol. The first-order valence-corrected chi connectivity index (χ1v) is 10.0. The first kappa shape index (κ1) is 16.2. The number of hydrogen-bond donors (Lipinski definition) is 0. The van der Waals surface area contributed by atoms with E-state index in [2.05, 4.69) is 34.8 Å². The predicted octanol–water partition coefficient (Wildman–Crippen LogP) is 2.81. The largest absolute Gasteiger partial charge is 0.336 e. The van der Waals surface area contributed by atoms with Crippen LogP contribution in [-0.2, 0) is 0 Å². The second-order valence-electron chi connectivity index (χ2n) is 8.37. The quantitative estimate of drug-likeness (QED) is 0.851. The van der Waals surface area contributed by atoms with Gasteiger partial charge in [0.2, 0.25) is 0 Å². The number of carbonyl (C=O) groups excluding carboxylic acids is 1. The first-order valence-electron chi connectivity index (χ1n) is 10.0. The standard InChI is InChI=1S/C20H27N5O/c1-13(2)25-19-17(11-21-25)16(10-18(22-19)14-5-6-14)20(26)24-9-8-23-7-3-4-15(23)12-24/h10-11,13-15H,3-9,12H2,1-2H3. The smallest absolute Gasteiger partial charge is 0.254 e. The van der Waals surface area contributed by atoms with Crippen LogP contribution in [0.1, 0.15) is 67.5 Å². The molecule has 138 valence electrons. The van der Waals surface area contributed by atoms with Crippen LogP contribution in [0.2, 0.25) is 0 Å². The molecule has 0 radical (unpaired) electrons. The van der Waals surface area contributed by atoms with E-state index in [0.717, 1.165) is 41.9 Å². The summed E-state index contributed by atoms with van der Waals surface area (Å²) < 4.78 is 1.95. The number of amides is 1. The van der Waals surface area contributed by atoms with Gasteiger partial charge >= 0.3 is 0 Å². The van der Waals surface area contributed by atoms with E-state index in [1.807, 2.05) is 10.9 Å². The van der Waals surface area contributed by atoms with E-state index >= 15 is 0 Å². The summed E-state index contributed by atoms with van der Waals surface area (Å²) in [5.74, 6) is 0.683. The fraction of sp³-hybridized carbons (Fsp3) is 0.650. The Bertz CT molecular complexity index is 853. The highest BCUT2D eigenvalue weighted by Crippen LogP contribution is 2.40. The van der Waals surface area contributed by atoms with Crippen LogP contribution in [0.5, 0.6) is 0 Å². The van der Waals surface area contributed by atoms with E-state index < -0.39 is 0 Å². The Kier molecular flexibility index (Phi) is 3.78. The highest BCUT2D eigenvalue weighted by molar-refractivity contribution is 6.05. The van der Waals surface area contributed by atoms with Crippen molar-refractivity contribution in [1.82, 2.24) is 24.6 Å². The van der Waals surface area contributed by atoms with Gasteiger partial charge in [0.05, 0.1) is 17.1 Å². The van der Waals surface area contributed by atoms with E-state index in [-0.39, 0.29) is 11.9 Å². The lowest BCUT2D eigenvalue weighted by Gasteiger charge is -2.37. The third-order valence-electron chi connectivity index (χ3n) is 6.18. The Balaban J connectivity index is 1.53. The van der Waals surface area contributed by atoms with Crippen molar-refractivity contribution in [2.24, 2.45) is 0 Å². The van der Waals surface area contributed by atoms with Gasteiger partial charge in [-0.3, -0.25) is 9.69 Å². The third kappa shape index (κ3) is 2.62. The van der Waals surface area contributed by atoms with E-state index in [1.165, 1.54) is 32.2 Å². The topological polar surface area (TPSA) is 54.3 Å². The molecule has 0 spiro atoms. The summed E-state index contributed by atoms with van der Waals surface area (Å²) in [6.45, 7) is 8.11. The van der Waals surface area contributed by atoms with Gasteiger partial charge in [0.1, 0.15) is 0 Å². The number of rotatable bonds is 3. The molecule has 1 unspecified atom stereocenters. The zero-order chi connectivity index (χ0) is 17.8. The highest BCUT2D eigenvalue weighted by atomic mass is 16.2. The molecule has 26 heavy (non-hydrogen) atoms. The summed E-state index contributed by atoms with van der Waals surface area (Å²) in [7, 11) is 0. The molecular weight excluding hydrogens is 326 g/mol. The number of piperazine rings is 1. The molecular formula is C20H27N5O. The SMILES string of the molecule is CC(C)n1ncc2c(C(=O)N3CCN4CCCC4C3)cc(C3CC3)nc21. The van der Waals surface area contributed by atoms with Crippen molar-refractivity contribution in [3.05, 3.63) is 23.5 Å². The van der Waals surface area contributed by atoms with Gasteiger partial charge in [-0.15, -0.1) is 0 Å². The van der Waals surface area contributed by atoms with E-state index in [4.69, 9.17) is 4.98 Å². The summed E-state index contributed by atoms with van der Waals surface area (Å²) in [4.78, 5) is 22.9. The number of hydrogen-bond acceptors (Lipinski definition) is 4. The van der Waals surface area contributed by atoms with E-state index in [0.29, 0.717) is 12.0 Å². The summed E-state index contributed by atoms with van der Waals surface area (Å²) in [5, 5.41) is 5.44. The van der Waals surface area contributed by atoms with Crippen LogP contribution in [0.3, 0.4) is 0 Å². The van der Waals surface area contributed by atoms with Gasteiger partial charge in [-0.1, -0.05) is 0 Å². The summed E-state index contributed by atoms with van der Waals surface area (Å²) in [5.41, 5.74) is 2.74. The summed E-state index contributed by atoms with van der Waals surface area (Å²) in [6.07, 6.45) is 6.68. The van der Waals surface area contributed by atoms with Crippen LogP contribution < -0.4 is 0 Å². The molecule has 2 aromatic rings. The van der Waals surface area contributed by atoms with Crippen molar-refractivity contribution in [2.75, 3.05) is 26.2 Å². The third-order valence-corrected chi connectivity index (χ3v) is 6.18. The van der Waals surface area contributed by atoms with Crippen LogP contribution in [0.15, 0.2) is 12.3 Å². The number of carbonyl (C=O) groups is 1. The lowest BCUT2D eigenvalue weighted by Crippen LogP contribution is -2.52. The Morgan fingerprint density at radius 1 is 1.19 bits per heavy atom. The Morgan fingerprint density at radius 3 is 2.81 bits per heavy atom. The second kappa shape index (κ2) is 6.05. The normalized spacial score (nSPS) is 23.8. The average Bonchev–Trinajstić information content (AvgIpc) is 3.23. The fourth-order valence-electron chi connectivity index (χ4n) is 4.53. The van der Waals surface area contributed by atoms with Crippen LogP contribution in [0, 0.1) is 0 Å². The maximum Gasteiger partial charge on any atom is 0.254 e. The zero-order valence-electron chi connectivity index (χ0n) is 15.7. The van der Waals surface area contributed by atoms with Gasteiger partial charge < -0.3 is 4.90 Å². The molecule has 2 saturated heterocycles. The number of nitrogens with zero attached hydrogens (tertiary/aromatic N) is 5. The molecule has 5 rings (SSSR count). The Morgan fingerprint density at radius 2 is 2.04 bits per heavy atom. The molecule has 1 amide bonds. The lowest BCUT2D eigenvalue weighted by molar-refractivity contribution is 0.0573. The van der Waals surface area contributed by atoms with E-state index in [9.17, 15) is 4.79 Å². The lowest BCUT2D eigenvalue weighted by atomic mass is 10.1. The van der Waals surface area contributed by atoms with Crippen LogP contribution in [0.25, 0.3) is 11.0 Å². The molecule has 0 N–H and O–H groups in total. The minimum atomic E-state index is 0.161. The zero-order valence-corrected chi connectivity index (χ0v) is 15.7. The maximum atomic E-state index is 13.4. The molecule has 0 bridgehead atoms. The van der Waals surface area contributed by atoms with Crippen LogP contribution in [0.4, 0.5) is 0 Å². The Hall–Kier alpha value is -1.95. The molecule has 0 aromatic carbocycles.